The number of hydrogen-bond donors (Lipinski definition) is 1. The lowest BCUT2D eigenvalue weighted by atomic mass is 10.1. The van der Waals surface area contributed by atoms with Crippen LogP contribution in [0.1, 0.15) is 29.5 Å². The molecule has 1 fully saturated rings. The Morgan fingerprint density at radius 3 is 2.62 bits per heavy atom. The number of para-hydroxylation sites is 1. The maximum Gasteiger partial charge on any atom is 0.230 e. The molecule has 5 rings (SSSR count). The van der Waals surface area contributed by atoms with Crippen molar-refractivity contribution in [2.24, 2.45) is 0 Å². The minimum absolute atomic E-state index is 0.121. The van der Waals surface area contributed by atoms with E-state index in [1.807, 2.05) is 43.3 Å². The molecule has 0 aliphatic carbocycles. The van der Waals surface area contributed by atoms with Crippen molar-refractivity contribution in [2.75, 3.05) is 18.5 Å². The highest BCUT2D eigenvalue weighted by atomic mass is 32.2. The van der Waals surface area contributed by atoms with E-state index in [9.17, 15) is 8.42 Å². The SMILES string of the molecule is Cc1cc(C)c(S(=O)(=O)c2nnn3c2nc(NCC2CCCO2)c2ccccc23)c(C)c1. The summed E-state index contributed by atoms with van der Waals surface area (Å²) in [6.45, 7) is 6.92. The van der Waals surface area contributed by atoms with Crippen LogP contribution in [0, 0.1) is 20.8 Å². The predicted octanol–water partition coefficient (Wildman–Crippen LogP) is 3.63. The van der Waals surface area contributed by atoms with Gasteiger partial charge in [0.05, 0.1) is 16.5 Å². The standard InChI is InChI=1S/C23H25N5O3S/c1-14-11-15(2)20(16(3)12-14)32(29,30)23-22-25-21(24-13-17-7-6-10-31-17)18-8-4-5-9-19(18)28(22)27-26-23/h4-5,8-9,11-12,17H,6-7,10,13H2,1-3H3,(H,24,25). The summed E-state index contributed by atoms with van der Waals surface area (Å²) in [6, 6.07) is 11.3. The Hall–Kier alpha value is -3.04. The Balaban J connectivity index is 1.68. The van der Waals surface area contributed by atoms with E-state index in [4.69, 9.17) is 4.74 Å². The first-order valence-corrected chi connectivity index (χ1v) is 12.2. The van der Waals surface area contributed by atoms with Crippen molar-refractivity contribution in [3.63, 3.8) is 0 Å². The Kier molecular flexibility index (Phi) is 5.10. The van der Waals surface area contributed by atoms with E-state index in [-0.39, 0.29) is 21.7 Å². The molecule has 2 aromatic carbocycles. The predicted molar refractivity (Wildman–Crippen MR) is 122 cm³/mol. The molecule has 4 aromatic rings. The molecular weight excluding hydrogens is 426 g/mol. The summed E-state index contributed by atoms with van der Waals surface area (Å²) in [5.41, 5.74) is 3.32. The number of aromatic nitrogens is 4. The number of nitrogens with one attached hydrogen (secondary N) is 1. The summed E-state index contributed by atoms with van der Waals surface area (Å²) in [6.07, 6.45) is 2.16. The van der Waals surface area contributed by atoms with Crippen LogP contribution in [0.4, 0.5) is 5.82 Å². The van der Waals surface area contributed by atoms with Crippen LogP contribution in [0.25, 0.3) is 16.6 Å². The second-order valence-corrected chi connectivity index (χ2v) is 10.2. The fourth-order valence-corrected chi connectivity index (χ4v) is 6.23. The topological polar surface area (TPSA) is 98.5 Å². The van der Waals surface area contributed by atoms with Gasteiger partial charge in [-0.15, -0.1) is 5.10 Å². The maximum atomic E-state index is 13.7. The van der Waals surface area contributed by atoms with Crippen molar-refractivity contribution in [2.45, 2.75) is 49.6 Å². The number of aryl methyl sites for hydroxylation is 3. The summed E-state index contributed by atoms with van der Waals surface area (Å²) in [7, 11) is -3.93. The van der Waals surface area contributed by atoms with Crippen molar-refractivity contribution < 1.29 is 13.2 Å². The Morgan fingerprint density at radius 2 is 1.91 bits per heavy atom. The Labute approximate surface area is 186 Å². The van der Waals surface area contributed by atoms with Gasteiger partial charge in [0.15, 0.2) is 5.65 Å². The number of hydrogen-bond acceptors (Lipinski definition) is 7. The molecule has 0 saturated carbocycles. The first kappa shape index (κ1) is 20.8. The molecule has 166 valence electrons. The van der Waals surface area contributed by atoms with Crippen LogP contribution in [-0.4, -0.2) is 47.5 Å². The van der Waals surface area contributed by atoms with Gasteiger partial charge in [-0.25, -0.2) is 13.4 Å². The molecule has 2 aromatic heterocycles. The van der Waals surface area contributed by atoms with Crippen molar-refractivity contribution >= 4 is 32.2 Å². The number of ether oxygens (including phenoxy) is 1. The number of benzene rings is 2. The third kappa shape index (κ3) is 3.41. The van der Waals surface area contributed by atoms with Crippen molar-refractivity contribution in [1.82, 2.24) is 19.8 Å². The monoisotopic (exact) mass is 451 g/mol. The highest BCUT2D eigenvalue weighted by Gasteiger charge is 2.30. The summed E-state index contributed by atoms with van der Waals surface area (Å²) in [5.74, 6) is 0.597. The second kappa shape index (κ2) is 7.83. The van der Waals surface area contributed by atoms with E-state index < -0.39 is 9.84 Å². The summed E-state index contributed by atoms with van der Waals surface area (Å²) in [5, 5.41) is 12.3. The number of nitrogens with zero attached hydrogens (tertiary/aromatic N) is 4. The average Bonchev–Trinajstić information content (AvgIpc) is 3.41. The van der Waals surface area contributed by atoms with E-state index in [1.165, 1.54) is 4.52 Å². The zero-order valence-corrected chi connectivity index (χ0v) is 19.1. The van der Waals surface area contributed by atoms with Crippen molar-refractivity contribution in [1.29, 1.82) is 0 Å². The molecule has 0 spiro atoms. The van der Waals surface area contributed by atoms with Gasteiger partial charge in [-0.3, -0.25) is 0 Å². The largest absolute Gasteiger partial charge is 0.376 e. The molecule has 9 heteroatoms. The highest BCUT2D eigenvalue weighted by Crippen LogP contribution is 2.31. The molecule has 1 N–H and O–H groups in total. The molecular formula is C23H25N5O3S. The van der Waals surface area contributed by atoms with Crippen LogP contribution in [0.3, 0.4) is 0 Å². The number of fused-ring (bicyclic) bond motifs is 3. The molecule has 8 nitrogen and oxygen atoms in total. The van der Waals surface area contributed by atoms with Gasteiger partial charge in [-0.1, -0.05) is 35.0 Å². The minimum Gasteiger partial charge on any atom is -0.376 e. The number of anilines is 1. The van der Waals surface area contributed by atoms with Gasteiger partial charge in [0, 0.05) is 18.5 Å². The summed E-state index contributed by atoms with van der Waals surface area (Å²) < 4.78 is 34.6. The van der Waals surface area contributed by atoms with Gasteiger partial charge in [0.25, 0.3) is 0 Å². The molecule has 0 radical (unpaired) electrons. The third-order valence-corrected chi connectivity index (χ3v) is 7.83. The van der Waals surface area contributed by atoms with Gasteiger partial charge >= 0.3 is 0 Å². The quantitative estimate of drug-likeness (QED) is 0.495. The first-order valence-electron chi connectivity index (χ1n) is 10.7. The summed E-state index contributed by atoms with van der Waals surface area (Å²) >= 11 is 0. The average molecular weight is 452 g/mol. The third-order valence-electron chi connectivity index (χ3n) is 5.87. The van der Waals surface area contributed by atoms with Crippen LogP contribution in [0.15, 0.2) is 46.3 Å². The zero-order valence-electron chi connectivity index (χ0n) is 18.3. The van der Waals surface area contributed by atoms with Gasteiger partial charge in [0.2, 0.25) is 14.9 Å². The minimum atomic E-state index is -3.93. The smallest absolute Gasteiger partial charge is 0.230 e. The molecule has 1 aliphatic rings. The van der Waals surface area contributed by atoms with Gasteiger partial charge < -0.3 is 10.1 Å². The van der Waals surface area contributed by atoms with Crippen LogP contribution in [0.5, 0.6) is 0 Å². The molecule has 32 heavy (non-hydrogen) atoms. The van der Waals surface area contributed by atoms with E-state index >= 15 is 0 Å². The molecule has 3 heterocycles. The molecule has 1 aliphatic heterocycles. The lowest BCUT2D eigenvalue weighted by molar-refractivity contribution is 0.120. The zero-order chi connectivity index (χ0) is 22.5. The van der Waals surface area contributed by atoms with E-state index in [1.54, 1.807) is 13.8 Å². The fourth-order valence-electron chi connectivity index (χ4n) is 4.56. The van der Waals surface area contributed by atoms with E-state index in [2.05, 4.69) is 20.6 Å². The Morgan fingerprint density at radius 1 is 1.16 bits per heavy atom. The van der Waals surface area contributed by atoms with Crippen LogP contribution in [-0.2, 0) is 14.6 Å². The lowest BCUT2D eigenvalue weighted by Gasteiger charge is -2.14. The molecule has 0 amide bonds. The fraction of sp³-hybridized carbons (Fsp3) is 0.348. The van der Waals surface area contributed by atoms with E-state index in [0.717, 1.165) is 35.9 Å². The second-order valence-electron chi connectivity index (χ2n) is 8.35. The van der Waals surface area contributed by atoms with Crippen molar-refractivity contribution in [3.05, 3.63) is 53.1 Å². The van der Waals surface area contributed by atoms with Crippen LogP contribution in [0.2, 0.25) is 0 Å². The first-order chi connectivity index (χ1) is 15.4. The molecule has 1 atom stereocenters. The normalized spacial score (nSPS) is 16.8. The number of rotatable bonds is 5. The van der Waals surface area contributed by atoms with Gasteiger partial charge in [-0.2, -0.15) is 4.52 Å². The van der Waals surface area contributed by atoms with Gasteiger partial charge in [-0.05, 0) is 56.9 Å². The van der Waals surface area contributed by atoms with Crippen LogP contribution < -0.4 is 5.32 Å². The molecule has 1 unspecified atom stereocenters. The van der Waals surface area contributed by atoms with Gasteiger partial charge in [0.1, 0.15) is 5.82 Å². The maximum absolute atomic E-state index is 13.7. The van der Waals surface area contributed by atoms with Crippen molar-refractivity contribution in [3.8, 4) is 0 Å². The number of sulfone groups is 1. The highest BCUT2D eigenvalue weighted by molar-refractivity contribution is 7.91. The van der Waals surface area contributed by atoms with E-state index in [0.29, 0.717) is 23.5 Å². The molecule has 0 bridgehead atoms. The summed E-state index contributed by atoms with van der Waals surface area (Å²) in [4.78, 5) is 4.94. The van der Waals surface area contributed by atoms with Crippen LogP contribution >= 0.6 is 0 Å². The molecule has 1 saturated heterocycles. The Bertz CT molecular complexity index is 1420. The lowest BCUT2D eigenvalue weighted by Crippen LogP contribution is -2.19.